The minimum atomic E-state index is 0.144. The number of nitrogens with one attached hydrogen (secondary N) is 1. The van der Waals surface area contributed by atoms with Crippen LogP contribution in [0.3, 0.4) is 0 Å². The Balaban J connectivity index is 1.79. The highest BCUT2D eigenvalue weighted by Crippen LogP contribution is 2.16. The van der Waals surface area contributed by atoms with Crippen LogP contribution in [-0.2, 0) is 0 Å². The lowest BCUT2D eigenvalue weighted by Gasteiger charge is -2.17. The van der Waals surface area contributed by atoms with Crippen LogP contribution in [0.2, 0.25) is 0 Å². The van der Waals surface area contributed by atoms with Crippen LogP contribution in [0.5, 0.6) is 0 Å². The summed E-state index contributed by atoms with van der Waals surface area (Å²) in [5.74, 6) is 0. The Kier molecular flexibility index (Phi) is 6.48. The third kappa shape index (κ3) is 5.55. The van der Waals surface area contributed by atoms with E-state index in [1.54, 1.807) is 0 Å². The number of likely N-dealkylation sites (tertiary alicyclic amines) is 1. The van der Waals surface area contributed by atoms with E-state index in [4.69, 9.17) is 16.5 Å². The van der Waals surface area contributed by atoms with E-state index in [0.717, 1.165) is 48.7 Å². The lowest BCUT2D eigenvalue weighted by atomic mass is 10.0. The standard InChI is InChI=1S/C22H31N5/c1-16-3-9-20(10-4-16)26-22(17-5-7-18(23)8-6-17)13-19(24)14-27-12-11-21(15-27)25-2/h3-9,13,20-21,25H,10-12,14-15,23-24H2,1-2H3. The number of nitrogens with two attached hydrogens (primary N) is 2. The number of aliphatic imine (C=N–C) groups is 1. The molecule has 27 heavy (non-hydrogen) atoms. The van der Waals surface area contributed by atoms with Gasteiger partial charge < -0.3 is 16.8 Å². The van der Waals surface area contributed by atoms with Crippen LogP contribution < -0.4 is 16.8 Å². The molecule has 0 aromatic heterocycles. The number of anilines is 1. The van der Waals surface area contributed by atoms with E-state index in [2.05, 4.69) is 35.4 Å². The Labute approximate surface area is 162 Å². The summed E-state index contributed by atoms with van der Waals surface area (Å²) in [4.78, 5) is 7.36. The third-order valence-corrected chi connectivity index (χ3v) is 5.18. The van der Waals surface area contributed by atoms with Gasteiger partial charge in [-0.25, -0.2) is 0 Å². The number of nitrogen functional groups attached to an aromatic ring is 1. The topological polar surface area (TPSA) is 79.7 Å². The average molecular weight is 366 g/mol. The molecule has 1 aliphatic carbocycles. The van der Waals surface area contributed by atoms with Crippen molar-refractivity contribution in [1.29, 1.82) is 0 Å². The van der Waals surface area contributed by atoms with Crippen LogP contribution >= 0.6 is 0 Å². The molecule has 1 aromatic carbocycles. The van der Waals surface area contributed by atoms with E-state index >= 15 is 0 Å². The molecule has 0 radical (unpaired) electrons. The number of benzene rings is 1. The number of hydrogen-bond acceptors (Lipinski definition) is 5. The number of likely N-dealkylation sites (N-methyl/N-ethyl adjacent to an activating group) is 1. The minimum Gasteiger partial charge on any atom is -0.401 e. The lowest BCUT2D eigenvalue weighted by Crippen LogP contribution is -2.31. The first-order valence-electron chi connectivity index (χ1n) is 9.68. The first-order valence-corrected chi connectivity index (χ1v) is 9.68. The maximum atomic E-state index is 6.40. The Morgan fingerprint density at radius 1 is 1.33 bits per heavy atom. The molecule has 5 nitrogen and oxygen atoms in total. The molecule has 144 valence electrons. The van der Waals surface area contributed by atoms with Gasteiger partial charge >= 0.3 is 0 Å². The van der Waals surface area contributed by atoms with Crippen LogP contribution in [-0.4, -0.2) is 49.4 Å². The smallest absolute Gasteiger partial charge is 0.0725 e. The molecule has 1 aromatic rings. The van der Waals surface area contributed by atoms with Crippen molar-refractivity contribution in [1.82, 2.24) is 10.2 Å². The van der Waals surface area contributed by atoms with E-state index in [-0.39, 0.29) is 6.04 Å². The summed E-state index contributed by atoms with van der Waals surface area (Å²) < 4.78 is 0. The molecular weight excluding hydrogens is 334 g/mol. The van der Waals surface area contributed by atoms with Gasteiger partial charge in [-0.15, -0.1) is 0 Å². The molecular formula is C22H31N5. The zero-order valence-electron chi connectivity index (χ0n) is 16.4. The molecule has 1 fully saturated rings. The predicted octanol–water partition coefficient (Wildman–Crippen LogP) is 2.47. The van der Waals surface area contributed by atoms with Crippen LogP contribution in [0.15, 0.2) is 64.8 Å². The van der Waals surface area contributed by atoms with Crippen molar-refractivity contribution in [3.63, 3.8) is 0 Å². The molecule has 0 bridgehead atoms. The summed E-state index contributed by atoms with van der Waals surface area (Å²) in [6.45, 7) is 4.99. The lowest BCUT2D eigenvalue weighted by molar-refractivity contribution is 0.356. The Morgan fingerprint density at radius 2 is 2.11 bits per heavy atom. The Morgan fingerprint density at radius 3 is 2.74 bits per heavy atom. The predicted molar refractivity (Wildman–Crippen MR) is 115 cm³/mol. The average Bonchev–Trinajstić information content (AvgIpc) is 3.11. The number of allylic oxidation sites excluding steroid dienone is 3. The van der Waals surface area contributed by atoms with Crippen molar-refractivity contribution in [3.8, 4) is 0 Å². The van der Waals surface area contributed by atoms with Crippen molar-refractivity contribution >= 4 is 11.4 Å². The molecule has 2 aliphatic rings. The van der Waals surface area contributed by atoms with Gasteiger partial charge in [0, 0.05) is 37.1 Å². The molecule has 2 unspecified atom stereocenters. The van der Waals surface area contributed by atoms with Gasteiger partial charge in [-0.3, -0.25) is 9.89 Å². The molecule has 0 spiro atoms. The van der Waals surface area contributed by atoms with Crippen LogP contribution in [0.25, 0.3) is 0 Å². The van der Waals surface area contributed by atoms with E-state index < -0.39 is 0 Å². The van der Waals surface area contributed by atoms with Gasteiger partial charge in [-0.05, 0) is 50.6 Å². The summed E-state index contributed by atoms with van der Waals surface area (Å²) in [7, 11) is 2.02. The quantitative estimate of drug-likeness (QED) is 0.534. The highest BCUT2D eigenvalue weighted by molar-refractivity contribution is 6.09. The summed E-state index contributed by atoms with van der Waals surface area (Å²) in [6, 6.07) is 8.55. The fourth-order valence-electron chi connectivity index (χ4n) is 3.53. The largest absolute Gasteiger partial charge is 0.401 e. The second-order valence-electron chi connectivity index (χ2n) is 7.48. The van der Waals surface area contributed by atoms with Crippen molar-refractivity contribution in [2.24, 2.45) is 10.7 Å². The summed E-state index contributed by atoms with van der Waals surface area (Å²) >= 11 is 0. The SMILES string of the molecule is CNC1CCN(CC(N)=CC(=NC2C=CC(C)=CC2)c2ccc(N)cc2)C1. The molecule has 5 N–H and O–H groups in total. The molecule has 1 saturated heterocycles. The Hall–Kier alpha value is -2.37. The second kappa shape index (κ2) is 9.02. The van der Waals surface area contributed by atoms with Gasteiger partial charge in [0.1, 0.15) is 0 Å². The van der Waals surface area contributed by atoms with Gasteiger partial charge in [0.25, 0.3) is 0 Å². The molecule has 5 heteroatoms. The van der Waals surface area contributed by atoms with Crippen molar-refractivity contribution in [2.75, 3.05) is 32.4 Å². The molecule has 1 aliphatic heterocycles. The van der Waals surface area contributed by atoms with Crippen molar-refractivity contribution in [2.45, 2.75) is 31.8 Å². The number of hydrogen-bond donors (Lipinski definition) is 3. The van der Waals surface area contributed by atoms with Crippen LogP contribution in [0.1, 0.15) is 25.3 Å². The molecule has 3 rings (SSSR count). The monoisotopic (exact) mass is 365 g/mol. The molecule has 1 heterocycles. The summed E-state index contributed by atoms with van der Waals surface area (Å²) in [5.41, 5.74) is 17.1. The number of nitrogens with zero attached hydrogens (tertiary/aromatic N) is 2. The van der Waals surface area contributed by atoms with E-state index in [1.807, 2.05) is 37.4 Å². The van der Waals surface area contributed by atoms with E-state index in [9.17, 15) is 0 Å². The van der Waals surface area contributed by atoms with E-state index in [1.165, 1.54) is 12.0 Å². The van der Waals surface area contributed by atoms with Gasteiger partial charge in [0.05, 0.1) is 11.8 Å². The van der Waals surface area contributed by atoms with Crippen molar-refractivity contribution in [3.05, 3.63) is 65.4 Å². The first kappa shape index (κ1) is 19.4. The van der Waals surface area contributed by atoms with Gasteiger partial charge in [0.15, 0.2) is 0 Å². The normalized spacial score (nSPS) is 24.3. The fraction of sp³-hybridized carbons (Fsp3) is 0.409. The third-order valence-electron chi connectivity index (χ3n) is 5.18. The van der Waals surface area contributed by atoms with Crippen LogP contribution in [0, 0.1) is 0 Å². The first-order chi connectivity index (χ1) is 13.0. The maximum Gasteiger partial charge on any atom is 0.0725 e. The fourth-order valence-corrected chi connectivity index (χ4v) is 3.53. The van der Waals surface area contributed by atoms with Gasteiger partial charge in [-0.2, -0.15) is 0 Å². The van der Waals surface area contributed by atoms with E-state index in [0.29, 0.717) is 6.04 Å². The molecule has 2 atom stereocenters. The van der Waals surface area contributed by atoms with Crippen molar-refractivity contribution < 1.29 is 0 Å². The Bertz CT molecular complexity index is 757. The zero-order valence-corrected chi connectivity index (χ0v) is 16.4. The maximum absolute atomic E-state index is 6.40. The highest BCUT2D eigenvalue weighted by atomic mass is 15.2. The summed E-state index contributed by atoms with van der Waals surface area (Å²) in [6.07, 6.45) is 10.6. The van der Waals surface area contributed by atoms with Gasteiger partial charge in [0.2, 0.25) is 0 Å². The second-order valence-corrected chi connectivity index (χ2v) is 7.48. The highest BCUT2D eigenvalue weighted by Gasteiger charge is 2.21. The summed E-state index contributed by atoms with van der Waals surface area (Å²) in [5, 5.41) is 3.35. The zero-order chi connectivity index (χ0) is 19.2. The molecule has 0 saturated carbocycles. The minimum absolute atomic E-state index is 0.144. The van der Waals surface area contributed by atoms with Crippen LogP contribution in [0.4, 0.5) is 5.69 Å². The van der Waals surface area contributed by atoms with Gasteiger partial charge in [-0.1, -0.05) is 35.9 Å². The molecule has 0 amide bonds. The number of rotatable bonds is 6.